The summed E-state index contributed by atoms with van der Waals surface area (Å²) in [6.45, 7) is 6.78. The van der Waals surface area contributed by atoms with Crippen molar-refractivity contribution in [3.05, 3.63) is 59.4 Å². The van der Waals surface area contributed by atoms with Gasteiger partial charge in [0.05, 0.1) is 7.11 Å². The Kier molecular flexibility index (Phi) is 4.96. The Morgan fingerprint density at radius 3 is 2.62 bits per heavy atom. The van der Waals surface area contributed by atoms with Gasteiger partial charge in [-0.3, -0.25) is 9.88 Å². The van der Waals surface area contributed by atoms with Crippen LogP contribution in [0.15, 0.2) is 42.5 Å². The topological polar surface area (TPSA) is 28.6 Å². The van der Waals surface area contributed by atoms with E-state index in [1.54, 1.807) is 7.11 Å². The first-order valence-electron chi connectivity index (χ1n) is 9.63. The third-order valence-electron chi connectivity index (χ3n) is 6.06. The van der Waals surface area contributed by atoms with Crippen molar-refractivity contribution in [3.63, 3.8) is 0 Å². The Morgan fingerprint density at radius 1 is 1.08 bits per heavy atom. The molecule has 0 N–H and O–H groups in total. The van der Waals surface area contributed by atoms with Gasteiger partial charge in [0.1, 0.15) is 5.75 Å². The average Bonchev–Trinajstić information content (AvgIpc) is 3.16. The van der Waals surface area contributed by atoms with Crippen LogP contribution in [0, 0.1) is 18.8 Å². The maximum absolute atomic E-state index is 5.32. The summed E-state index contributed by atoms with van der Waals surface area (Å²) in [5.74, 6) is 2.43. The third-order valence-corrected chi connectivity index (χ3v) is 6.06. The molecule has 2 aliphatic heterocycles. The highest BCUT2D eigenvalue weighted by Gasteiger charge is 2.45. The number of likely N-dealkylation sites (tertiary alicyclic amines) is 2. The molecular weight excluding hydrogens is 322 g/mol. The van der Waals surface area contributed by atoms with Crippen molar-refractivity contribution in [2.24, 2.45) is 11.8 Å². The molecule has 1 aromatic carbocycles. The fourth-order valence-electron chi connectivity index (χ4n) is 4.85. The van der Waals surface area contributed by atoms with Gasteiger partial charge in [0.2, 0.25) is 0 Å². The van der Waals surface area contributed by atoms with E-state index in [9.17, 15) is 0 Å². The Labute approximate surface area is 156 Å². The average molecular weight is 351 g/mol. The summed E-state index contributed by atoms with van der Waals surface area (Å²) < 4.78 is 5.32. The summed E-state index contributed by atoms with van der Waals surface area (Å²) in [6.07, 6.45) is 1.05. The van der Waals surface area contributed by atoms with Crippen molar-refractivity contribution in [2.45, 2.75) is 19.4 Å². The van der Waals surface area contributed by atoms with Gasteiger partial charge >= 0.3 is 0 Å². The van der Waals surface area contributed by atoms with E-state index in [0.29, 0.717) is 6.04 Å². The maximum atomic E-state index is 5.32. The number of hydrogen-bond donors (Lipinski definition) is 0. The number of pyridine rings is 1. The van der Waals surface area contributed by atoms with E-state index in [-0.39, 0.29) is 0 Å². The van der Waals surface area contributed by atoms with Gasteiger partial charge in [-0.05, 0) is 55.6 Å². The standard InChI is InChI=1S/C22H29N3O/c1-16-5-4-6-19(23-16)11-12-25-14-18-13-24(2)22(21(18)15-25)17-7-9-20(26-3)10-8-17/h4-10,18,21-22H,11-15H2,1-3H3/t18-,21+,22+/m0/s1. The molecule has 26 heavy (non-hydrogen) atoms. The largest absolute Gasteiger partial charge is 0.497 e. The Balaban J connectivity index is 1.41. The van der Waals surface area contributed by atoms with E-state index < -0.39 is 0 Å². The zero-order valence-corrected chi connectivity index (χ0v) is 16.1. The molecule has 2 saturated heterocycles. The number of ether oxygens (including phenoxy) is 1. The van der Waals surface area contributed by atoms with Crippen molar-refractivity contribution >= 4 is 0 Å². The number of aryl methyl sites for hydroxylation is 1. The van der Waals surface area contributed by atoms with Gasteiger partial charge in [0.15, 0.2) is 0 Å². The number of hydrogen-bond acceptors (Lipinski definition) is 4. The lowest BCUT2D eigenvalue weighted by atomic mass is 9.89. The molecule has 4 rings (SSSR count). The van der Waals surface area contributed by atoms with Crippen LogP contribution in [-0.2, 0) is 6.42 Å². The molecule has 1 aromatic heterocycles. The van der Waals surface area contributed by atoms with Gasteiger partial charge in [-0.25, -0.2) is 0 Å². The number of fused-ring (bicyclic) bond motifs is 1. The van der Waals surface area contributed by atoms with E-state index in [1.165, 1.54) is 30.9 Å². The summed E-state index contributed by atoms with van der Waals surface area (Å²) in [5.41, 5.74) is 3.75. The second kappa shape index (κ2) is 7.37. The number of aromatic nitrogens is 1. The summed E-state index contributed by atoms with van der Waals surface area (Å²) in [6, 6.07) is 15.5. The fraction of sp³-hybridized carbons (Fsp3) is 0.500. The fourth-order valence-corrected chi connectivity index (χ4v) is 4.85. The third kappa shape index (κ3) is 3.49. The number of rotatable bonds is 5. The molecule has 138 valence electrons. The quantitative estimate of drug-likeness (QED) is 0.827. The smallest absolute Gasteiger partial charge is 0.118 e. The van der Waals surface area contributed by atoms with Crippen LogP contribution in [0.2, 0.25) is 0 Å². The molecule has 0 bridgehead atoms. The first-order chi connectivity index (χ1) is 12.6. The molecule has 0 saturated carbocycles. The van der Waals surface area contributed by atoms with Gasteiger partial charge in [0.25, 0.3) is 0 Å². The minimum Gasteiger partial charge on any atom is -0.497 e. The van der Waals surface area contributed by atoms with Gasteiger partial charge in [0, 0.05) is 50.0 Å². The van der Waals surface area contributed by atoms with Crippen LogP contribution in [0.5, 0.6) is 5.75 Å². The molecule has 0 aliphatic carbocycles. The first kappa shape index (κ1) is 17.5. The lowest BCUT2D eigenvalue weighted by Gasteiger charge is -2.27. The molecule has 0 amide bonds. The predicted molar refractivity (Wildman–Crippen MR) is 104 cm³/mol. The predicted octanol–water partition coefficient (Wildman–Crippen LogP) is 3.18. The SMILES string of the molecule is COc1ccc([C@@H]2[C@@H]3CN(CCc4cccc(C)n4)C[C@@H]3CN2C)cc1. The van der Waals surface area contributed by atoms with Crippen LogP contribution in [0.25, 0.3) is 0 Å². The monoisotopic (exact) mass is 351 g/mol. The number of nitrogens with zero attached hydrogens (tertiary/aromatic N) is 3. The van der Waals surface area contributed by atoms with E-state index in [4.69, 9.17) is 4.74 Å². The molecule has 0 spiro atoms. The summed E-state index contributed by atoms with van der Waals surface area (Å²) >= 11 is 0. The lowest BCUT2D eigenvalue weighted by Crippen LogP contribution is -2.30. The van der Waals surface area contributed by atoms with Crippen LogP contribution in [-0.4, -0.2) is 55.1 Å². The van der Waals surface area contributed by atoms with E-state index in [0.717, 1.165) is 36.2 Å². The highest BCUT2D eigenvalue weighted by atomic mass is 16.5. The van der Waals surface area contributed by atoms with Crippen LogP contribution in [0.3, 0.4) is 0 Å². The van der Waals surface area contributed by atoms with Crippen LogP contribution in [0.4, 0.5) is 0 Å². The molecule has 0 radical (unpaired) electrons. The van der Waals surface area contributed by atoms with Gasteiger partial charge in [-0.1, -0.05) is 18.2 Å². The Morgan fingerprint density at radius 2 is 1.88 bits per heavy atom. The first-order valence-corrected chi connectivity index (χ1v) is 9.63. The number of benzene rings is 1. The second-order valence-electron chi connectivity index (χ2n) is 7.86. The van der Waals surface area contributed by atoms with Crippen molar-refractivity contribution in [3.8, 4) is 5.75 Å². The van der Waals surface area contributed by atoms with E-state index in [2.05, 4.69) is 71.2 Å². The van der Waals surface area contributed by atoms with Crippen molar-refractivity contribution < 1.29 is 4.74 Å². The molecule has 3 atom stereocenters. The highest BCUT2D eigenvalue weighted by molar-refractivity contribution is 5.30. The van der Waals surface area contributed by atoms with E-state index >= 15 is 0 Å². The van der Waals surface area contributed by atoms with Gasteiger partial charge in [-0.15, -0.1) is 0 Å². The summed E-state index contributed by atoms with van der Waals surface area (Å²) in [4.78, 5) is 9.83. The zero-order chi connectivity index (χ0) is 18.1. The lowest BCUT2D eigenvalue weighted by molar-refractivity contribution is 0.229. The van der Waals surface area contributed by atoms with Crippen LogP contribution >= 0.6 is 0 Å². The van der Waals surface area contributed by atoms with Crippen LogP contribution < -0.4 is 4.74 Å². The summed E-state index contributed by atoms with van der Waals surface area (Å²) in [7, 11) is 4.00. The Bertz CT molecular complexity index is 745. The van der Waals surface area contributed by atoms with Crippen molar-refractivity contribution in [2.75, 3.05) is 40.3 Å². The zero-order valence-electron chi connectivity index (χ0n) is 16.1. The molecule has 3 heterocycles. The van der Waals surface area contributed by atoms with Crippen molar-refractivity contribution in [1.82, 2.24) is 14.8 Å². The summed E-state index contributed by atoms with van der Waals surface area (Å²) in [5, 5.41) is 0. The Hall–Kier alpha value is -1.91. The van der Waals surface area contributed by atoms with E-state index in [1.807, 2.05) is 0 Å². The normalized spacial score (nSPS) is 26.2. The molecular formula is C22H29N3O. The number of methoxy groups -OCH3 is 1. The highest BCUT2D eigenvalue weighted by Crippen LogP contribution is 2.44. The second-order valence-corrected chi connectivity index (χ2v) is 7.86. The molecule has 2 aliphatic rings. The van der Waals surface area contributed by atoms with Gasteiger partial charge < -0.3 is 9.64 Å². The molecule has 2 fully saturated rings. The van der Waals surface area contributed by atoms with Gasteiger partial charge in [-0.2, -0.15) is 0 Å². The molecule has 4 heteroatoms. The maximum Gasteiger partial charge on any atom is 0.118 e. The molecule has 0 unspecified atom stereocenters. The molecule has 2 aromatic rings. The molecule has 4 nitrogen and oxygen atoms in total. The minimum atomic E-state index is 0.521. The minimum absolute atomic E-state index is 0.521. The van der Waals surface area contributed by atoms with Crippen molar-refractivity contribution in [1.29, 1.82) is 0 Å². The van der Waals surface area contributed by atoms with Crippen LogP contribution in [0.1, 0.15) is 23.0 Å².